The molecule has 1 atom stereocenters. The van der Waals surface area contributed by atoms with Crippen molar-refractivity contribution < 1.29 is 33.8 Å². The van der Waals surface area contributed by atoms with Gasteiger partial charge in [-0.25, -0.2) is 13.6 Å². The van der Waals surface area contributed by atoms with Gasteiger partial charge in [-0.1, -0.05) is 0 Å². The number of carboxylic acid groups (broad SMARTS) is 1. The Bertz CT molecular complexity index is 551. The van der Waals surface area contributed by atoms with E-state index in [1.54, 1.807) is 0 Å². The number of carbonyl (C=O) groups is 1. The number of hydrogen-bond donors (Lipinski definition) is 4. The molecule has 20 heavy (non-hydrogen) atoms. The third-order valence-corrected chi connectivity index (χ3v) is 2.34. The number of aromatic carboxylic acids is 1. The van der Waals surface area contributed by atoms with E-state index in [9.17, 15) is 23.7 Å². The fourth-order valence-corrected chi connectivity index (χ4v) is 1.36. The van der Waals surface area contributed by atoms with Crippen LogP contribution in [0.5, 0.6) is 0 Å². The Morgan fingerprint density at radius 3 is 2.50 bits per heavy atom. The summed E-state index contributed by atoms with van der Waals surface area (Å²) >= 11 is 0. The number of nitro groups is 1. The number of aliphatic hydroxyl groups is 2. The van der Waals surface area contributed by atoms with Gasteiger partial charge in [0.05, 0.1) is 17.6 Å². The molecule has 0 radical (unpaired) electrons. The smallest absolute Gasteiger partial charge is 0.339 e. The first-order chi connectivity index (χ1) is 9.29. The zero-order valence-electron chi connectivity index (χ0n) is 9.84. The number of anilines is 1. The zero-order valence-corrected chi connectivity index (χ0v) is 9.84. The molecular weight excluding hydrogens is 282 g/mol. The van der Waals surface area contributed by atoms with Crippen molar-refractivity contribution in [2.75, 3.05) is 18.5 Å². The molecule has 1 aromatic carbocycles. The van der Waals surface area contributed by atoms with Crippen LogP contribution in [0.1, 0.15) is 10.4 Å². The lowest BCUT2D eigenvalue weighted by Crippen LogP contribution is -2.24. The number of nitrogens with one attached hydrogen (secondary N) is 1. The lowest BCUT2D eigenvalue weighted by Gasteiger charge is -2.12. The molecule has 1 rings (SSSR count). The molecule has 0 amide bonds. The van der Waals surface area contributed by atoms with E-state index >= 15 is 0 Å². The van der Waals surface area contributed by atoms with E-state index in [1.165, 1.54) is 0 Å². The maximum atomic E-state index is 13.6. The van der Waals surface area contributed by atoms with E-state index < -0.39 is 58.7 Å². The highest BCUT2D eigenvalue weighted by Gasteiger charge is 2.28. The van der Waals surface area contributed by atoms with Crippen LogP contribution in [-0.4, -0.2) is 45.5 Å². The Kier molecular flexibility index (Phi) is 4.88. The highest BCUT2D eigenvalue weighted by molar-refractivity contribution is 5.90. The van der Waals surface area contributed by atoms with Gasteiger partial charge in [-0.15, -0.1) is 0 Å². The van der Waals surface area contributed by atoms with E-state index in [0.29, 0.717) is 6.07 Å². The molecule has 0 aliphatic rings. The van der Waals surface area contributed by atoms with Crippen LogP contribution in [0, 0.1) is 21.7 Å². The second kappa shape index (κ2) is 6.21. The summed E-state index contributed by atoms with van der Waals surface area (Å²) in [6.07, 6.45) is -1.35. The van der Waals surface area contributed by atoms with Crippen LogP contribution in [0.2, 0.25) is 0 Å². The molecule has 0 aromatic heterocycles. The molecule has 0 aliphatic carbocycles. The van der Waals surface area contributed by atoms with Crippen molar-refractivity contribution in [1.29, 1.82) is 0 Å². The Balaban J connectivity index is 3.31. The standard InChI is InChI=1S/C10H10F2N2O6/c11-7-5(10(17)18)1-6(14(19)20)9(8(7)12)13-2-4(16)3-15/h1,4,13,15-16H,2-3H2,(H,17,18). The molecule has 0 bridgehead atoms. The van der Waals surface area contributed by atoms with Crippen LogP contribution in [0.25, 0.3) is 0 Å². The van der Waals surface area contributed by atoms with Crippen LogP contribution < -0.4 is 5.32 Å². The van der Waals surface area contributed by atoms with E-state index in [2.05, 4.69) is 5.32 Å². The van der Waals surface area contributed by atoms with Crippen molar-refractivity contribution >= 4 is 17.3 Å². The van der Waals surface area contributed by atoms with E-state index in [1.807, 2.05) is 0 Å². The Morgan fingerprint density at radius 2 is 2.05 bits per heavy atom. The van der Waals surface area contributed by atoms with Crippen molar-refractivity contribution in [3.63, 3.8) is 0 Å². The highest BCUT2D eigenvalue weighted by Crippen LogP contribution is 2.31. The molecule has 0 spiro atoms. The van der Waals surface area contributed by atoms with Crippen molar-refractivity contribution in [3.05, 3.63) is 33.4 Å². The van der Waals surface area contributed by atoms with Crippen molar-refractivity contribution in [2.24, 2.45) is 0 Å². The molecule has 0 saturated heterocycles. The first-order valence-electron chi connectivity index (χ1n) is 5.22. The summed E-state index contributed by atoms with van der Waals surface area (Å²) in [5.41, 5.74) is -3.07. The SMILES string of the molecule is O=C(O)c1cc([N+](=O)[O-])c(NCC(O)CO)c(F)c1F. The molecule has 110 valence electrons. The minimum atomic E-state index is -1.86. The number of nitro benzene ring substituents is 1. The first-order valence-corrected chi connectivity index (χ1v) is 5.22. The Morgan fingerprint density at radius 1 is 1.45 bits per heavy atom. The summed E-state index contributed by atoms with van der Waals surface area (Å²) in [6, 6.07) is 0.369. The van der Waals surface area contributed by atoms with Crippen LogP contribution in [0.4, 0.5) is 20.2 Å². The van der Waals surface area contributed by atoms with Crippen molar-refractivity contribution in [3.8, 4) is 0 Å². The van der Waals surface area contributed by atoms with Gasteiger partial charge in [-0.05, 0) is 0 Å². The van der Waals surface area contributed by atoms with Gasteiger partial charge in [0.2, 0.25) is 0 Å². The quantitative estimate of drug-likeness (QED) is 0.438. The van der Waals surface area contributed by atoms with Crippen molar-refractivity contribution in [1.82, 2.24) is 0 Å². The fraction of sp³-hybridized carbons (Fsp3) is 0.300. The van der Waals surface area contributed by atoms with Gasteiger partial charge < -0.3 is 20.6 Å². The largest absolute Gasteiger partial charge is 0.478 e. The molecule has 0 heterocycles. The van der Waals surface area contributed by atoms with Crippen LogP contribution in [0.3, 0.4) is 0 Å². The second-order valence-corrected chi connectivity index (χ2v) is 3.73. The van der Waals surface area contributed by atoms with Gasteiger partial charge in [-0.2, -0.15) is 0 Å². The molecular formula is C10H10F2N2O6. The number of nitrogens with zero attached hydrogens (tertiary/aromatic N) is 1. The van der Waals surface area contributed by atoms with Crippen LogP contribution in [0.15, 0.2) is 6.07 Å². The summed E-state index contributed by atoms with van der Waals surface area (Å²) in [6.45, 7) is -1.18. The zero-order chi connectivity index (χ0) is 15.4. The lowest BCUT2D eigenvalue weighted by atomic mass is 10.1. The minimum absolute atomic E-state index is 0.369. The summed E-state index contributed by atoms with van der Waals surface area (Å²) in [4.78, 5) is 20.3. The minimum Gasteiger partial charge on any atom is -0.478 e. The molecule has 0 fully saturated rings. The average molecular weight is 292 g/mol. The summed E-state index contributed by atoms with van der Waals surface area (Å²) in [5, 5.41) is 39.0. The molecule has 8 nitrogen and oxygen atoms in total. The molecule has 1 unspecified atom stereocenters. The number of benzene rings is 1. The van der Waals surface area contributed by atoms with Crippen LogP contribution in [-0.2, 0) is 0 Å². The highest BCUT2D eigenvalue weighted by atomic mass is 19.2. The van der Waals surface area contributed by atoms with Gasteiger partial charge in [-0.3, -0.25) is 10.1 Å². The molecule has 4 N–H and O–H groups in total. The van der Waals surface area contributed by atoms with Gasteiger partial charge in [0.1, 0.15) is 5.56 Å². The van der Waals surface area contributed by atoms with Gasteiger partial charge in [0, 0.05) is 12.6 Å². The predicted molar refractivity (Wildman–Crippen MR) is 61.6 cm³/mol. The average Bonchev–Trinajstić information content (AvgIpc) is 2.38. The number of aliphatic hydroxyl groups excluding tert-OH is 2. The molecule has 10 heteroatoms. The number of rotatable bonds is 6. The summed E-state index contributed by atoms with van der Waals surface area (Å²) < 4.78 is 27.1. The van der Waals surface area contributed by atoms with Crippen LogP contribution >= 0.6 is 0 Å². The number of halogens is 2. The van der Waals surface area contributed by atoms with Gasteiger partial charge >= 0.3 is 5.97 Å². The first kappa shape index (κ1) is 15.7. The van der Waals surface area contributed by atoms with Gasteiger partial charge in [0.15, 0.2) is 17.3 Å². The topological polar surface area (TPSA) is 133 Å². The van der Waals surface area contributed by atoms with Crippen molar-refractivity contribution in [2.45, 2.75) is 6.10 Å². The molecule has 1 aromatic rings. The second-order valence-electron chi connectivity index (χ2n) is 3.73. The third kappa shape index (κ3) is 3.16. The monoisotopic (exact) mass is 292 g/mol. The van der Waals surface area contributed by atoms with E-state index in [-0.39, 0.29) is 0 Å². The predicted octanol–water partition coefficient (Wildman–Crippen LogP) is 0.336. The lowest BCUT2D eigenvalue weighted by molar-refractivity contribution is -0.384. The number of hydrogen-bond acceptors (Lipinski definition) is 6. The van der Waals surface area contributed by atoms with Gasteiger partial charge in [0.25, 0.3) is 5.69 Å². The Labute approximate surface area is 110 Å². The van der Waals surface area contributed by atoms with E-state index in [4.69, 9.17) is 15.3 Å². The summed E-state index contributed by atoms with van der Waals surface area (Å²) in [7, 11) is 0. The molecule has 0 aliphatic heterocycles. The summed E-state index contributed by atoms with van der Waals surface area (Å²) in [5.74, 6) is -5.36. The maximum absolute atomic E-state index is 13.6. The van der Waals surface area contributed by atoms with E-state index in [0.717, 1.165) is 0 Å². The normalized spacial score (nSPS) is 12.0. The Hall–Kier alpha value is -2.33. The maximum Gasteiger partial charge on any atom is 0.339 e. The number of carboxylic acids is 1. The third-order valence-electron chi connectivity index (χ3n) is 2.34. The fourth-order valence-electron chi connectivity index (χ4n) is 1.36. The molecule has 0 saturated carbocycles.